The summed E-state index contributed by atoms with van der Waals surface area (Å²) < 4.78 is 0. The van der Waals surface area contributed by atoms with Crippen molar-refractivity contribution in [2.45, 2.75) is 46.6 Å². The van der Waals surface area contributed by atoms with Gasteiger partial charge in [-0.2, -0.15) is 0 Å². The second-order valence-corrected chi connectivity index (χ2v) is 6.54. The minimum Gasteiger partial charge on any atom is -0.355 e. The molecule has 0 bridgehead atoms. The van der Waals surface area contributed by atoms with Crippen LogP contribution < -0.4 is 16.0 Å². The van der Waals surface area contributed by atoms with Crippen LogP contribution in [0, 0.1) is 12.8 Å². The fourth-order valence-corrected chi connectivity index (χ4v) is 2.38. The van der Waals surface area contributed by atoms with E-state index in [0.717, 1.165) is 12.0 Å². The van der Waals surface area contributed by atoms with E-state index in [1.165, 1.54) is 0 Å². The molecule has 1 aromatic rings. The molecule has 0 aliphatic carbocycles. The summed E-state index contributed by atoms with van der Waals surface area (Å²) in [7, 11) is 0. The van der Waals surface area contributed by atoms with Crippen molar-refractivity contribution in [2.24, 2.45) is 5.92 Å². The number of aryl methyl sites for hydroxylation is 1. The molecule has 25 heavy (non-hydrogen) atoms. The zero-order valence-corrected chi connectivity index (χ0v) is 15.5. The monoisotopic (exact) mass is 347 g/mol. The van der Waals surface area contributed by atoms with Crippen molar-refractivity contribution in [3.63, 3.8) is 0 Å². The Morgan fingerprint density at radius 3 is 2.36 bits per heavy atom. The Balaban J connectivity index is 2.70. The Bertz CT molecular complexity index is 599. The third kappa shape index (κ3) is 7.37. The lowest BCUT2D eigenvalue weighted by Crippen LogP contribution is -2.49. The number of carbonyl (C=O) groups is 3. The van der Waals surface area contributed by atoms with Crippen LogP contribution >= 0.6 is 0 Å². The molecular weight excluding hydrogens is 318 g/mol. The third-order valence-corrected chi connectivity index (χ3v) is 3.71. The first-order chi connectivity index (χ1) is 11.8. The normalized spacial score (nSPS) is 11.7. The lowest BCUT2D eigenvalue weighted by atomic mass is 10.0. The molecule has 1 atom stereocenters. The molecule has 0 aliphatic rings. The summed E-state index contributed by atoms with van der Waals surface area (Å²) in [5, 5.41) is 8.09. The largest absolute Gasteiger partial charge is 0.355 e. The third-order valence-electron chi connectivity index (χ3n) is 3.71. The minimum atomic E-state index is -0.675. The van der Waals surface area contributed by atoms with Crippen LogP contribution in [0.25, 0.3) is 0 Å². The predicted octanol–water partition coefficient (Wildman–Crippen LogP) is 1.78. The maximum atomic E-state index is 12.5. The summed E-state index contributed by atoms with van der Waals surface area (Å²) in [6, 6.07) is 6.56. The number of benzene rings is 1. The molecule has 0 heterocycles. The zero-order valence-electron chi connectivity index (χ0n) is 15.5. The van der Waals surface area contributed by atoms with Gasteiger partial charge in [0.05, 0.1) is 6.54 Å². The van der Waals surface area contributed by atoms with Gasteiger partial charge in [0.2, 0.25) is 11.8 Å². The van der Waals surface area contributed by atoms with E-state index in [2.05, 4.69) is 16.0 Å². The number of rotatable bonds is 9. The van der Waals surface area contributed by atoms with E-state index < -0.39 is 6.04 Å². The fourth-order valence-electron chi connectivity index (χ4n) is 2.38. The van der Waals surface area contributed by atoms with Gasteiger partial charge in [0.25, 0.3) is 5.91 Å². The van der Waals surface area contributed by atoms with Crippen molar-refractivity contribution >= 4 is 17.7 Å². The van der Waals surface area contributed by atoms with E-state index in [1.54, 1.807) is 12.1 Å². The van der Waals surface area contributed by atoms with E-state index in [4.69, 9.17) is 0 Å². The second-order valence-electron chi connectivity index (χ2n) is 6.54. The van der Waals surface area contributed by atoms with E-state index in [1.807, 2.05) is 39.8 Å². The number of hydrogen-bond acceptors (Lipinski definition) is 3. The van der Waals surface area contributed by atoms with E-state index in [-0.39, 0.29) is 30.2 Å². The van der Waals surface area contributed by atoms with Crippen molar-refractivity contribution in [3.05, 3.63) is 35.4 Å². The Morgan fingerprint density at radius 1 is 1.08 bits per heavy atom. The molecule has 0 spiro atoms. The van der Waals surface area contributed by atoms with Gasteiger partial charge in [-0.15, -0.1) is 0 Å². The van der Waals surface area contributed by atoms with E-state index in [9.17, 15) is 14.4 Å². The van der Waals surface area contributed by atoms with Crippen LogP contribution in [0.3, 0.4) is 0 Å². The molecule has 1 unspecified atom stereocenters. The molecule has 3 N–H and O–H groups in total. The molecule has 6 heteroatoms. The zero-order chi connectivity index (χ0) is 18.8. The first-order valence-electron chi connectivity index (χ1n) is 8.76. The highest BCUT2D eigenvalue weighted by atomic mass is 16.2. The van der Waals surface area contributed by atoms with Crippen molar-refractivity contribution < 1.29 is 14.4 Å². The fraction of sp³-hybridized carbons (Fsp3) is 0.526. The Labute approximate surface area is 149 Å². The highest BCUT2D eigenvalue weighted by Crippen LogP contribution is 2.10. The molecule has 1 aromatic carbocycles. The first-order valence-corrected chi connectivity index (χ1v) is 8.76. The van der Waals surface area contributed by atoms with E-state index >= 15 is 0 Å². The highest BCUT2D eigenvalue weighted by Gasteiger charge is 2.23. The lowest BCUT2D eigenvalue weighted by Gasteiger charge is -2.20. The molecule has 3 amide bonds. The van der Waals surface area contributed by atoms with Gasteiger partial charge in [0, 0.05) is 12.1 Å². The summed E-state index contributed by atoms with van der Waals surface area (Å²) in [6.45, 7) is 8.26. The van der Waals surface area contributed by atoms with Crippen LogP contribution in [-0.2, 0) is 9.59 Å². The summed E-state index contributed by atoms with van der Waals surface area (Å²) in [5.41, 5.74) is 1.40. The molecule has 138 valence electrons. The van der Waals surface area contributed by atoms with Crippen molar-refractivity contribution in [1.82, 2.24) is 16.0 Å². The Morgan fingerprint density at radius 2 is 1.76 bits per heavy atom. The average Bonchev–Trinajstić information content (AvgIpc) is 2.57. The molecule has 0 saturated carbocycles. The van der Waals surface area contributed by atoms with Gasteiger partial charge in [-0.3, -0.25) is 14.4 Å². The van der Waals surface area contributed by atoms with E-state index in [0.29, 0.717) is 18.5 Å². The highest BCUT2D eigenvalue weighted by molar-refractivity contribution is 5.99. The van der Waals surface area contributed by atoms with Crippen LogP contribution in [0.15, 0.2) is 24.3 Å². The van der Waals surface area contributed by atoms with Gasteiger partial charge in [-0.1, -0.05) is 39.0 Å². The second kappa shape index (κ2) is 10.5. The Kier molecular flexibility index (Phi) is 8.67. The number of amides is 3. The van der Waals surface area contributed by atoms with Crippen LogP contribution in [0.1, 0.15) is 49.5 Å². The van der Waals surface area contributed by atoms with Crippen molar-refractivity contribution in [1.29, 1.82) is 0 Å². The topological polar surface area (TPSA) is 87.3 Å². The smallest absolute Gasteiger partial charge is 0.252 e. The summed E-state index contributed by atoms with van der Waals surface area (Å²) in [5.74, 6) is -0.637. The first kappa shape index (κ1) is 20.7. The summed E-state index contributed by atoms with van der Waals surface area (Å²) >= 11 is 0. The molecule has 0 fully saturated rings. The van der Waals surface area contributed by atoms with Crippen LogP contribution in [0.2, 0.25) is 0 Å². The maximum Gasteiger partial charge on any atom is 0.252 e. The van der Waals surface area contributed by atoms with Crippen molar-refractivity contribution in [3.8, 4) is 0 Å². The minimum absolute atomic E-state index is 0.0896. The average molecular weight is 347 g/mol. The molecule has 0 aromatic heterocycles. The maximum absolute atomic E-state index is 12.5. The molecule has 0 saturated heterocycles. The molecular formula is C19H29N3O3. The SMILES string of the molecule is CCCNC(=O)CNC(=O)C(CC(C)C)NC(=O)c1ccccc1C. The summed E-state index contributed by atoms with van der Waals surface area (Å²) in [4.78, 5) is 36.5. The molecule has 6 nitrogen and oxygen atoms in total. The molecule has 1 rings (SSSR count). The standard InChI is InChI=1S/C19H29N3O3/c1-5-10-20-17(23)12-21-19(25)16(11-13(2)3)22-18(24)15-9-7-6-8-14(15)4/h6-9,13,16H,5,10-12H2,1-4H3,(H,20,23)(H,21,25)(H,22,24). The van der Waals surface area contributed by atoms with Crippen LogP contribution in [-0.4, -0.2) is 36.9 Å². The predicted molar refractivity (Wildman–Crippen MR) is 98.2 cm³/mol. The quantitative estimate of drug-likeness (QED) is 0.636. The van der Waals surface area contributed by atoms with Gasteiger partial charge >= 0.3 is 0 Å². The molecule has 0 aliphatic heterocycles. The number of carbonyl (C=O) groups excluding carboxylic acids is 3. The van der Waals surface area contributed by atoms with Gasteiger partial charge in [-0.05, 0) is 37.3 Å². The van der Waals surface area contributed by atoms with Crippen LogP contribution in [0.4, 0.5) is 0 Å². The number of nitrogens with one attached hydrogen (secondary N) is 3. The van der Waals surface area contributed by atoms with Gasteiger partial charge in [0.1, 0.15) is 6.04 Å². The van der Waals surface area contributed by atoms with Gasteiger partial charge in [-0.25, -0.2) is 0 Å². The van der Waals surface area contributed by atoms with Gasteiger partial charge < -0.3 is 16.0 Å². The van der Waals surface area contributed by atoms with Gasteiger partial charge in [0.15, 0.2) is 0 Å². The lowest BCUT2D eigenvalue weighted by molar-refractivity contribution is -0.127. The molecule has 0 radical (unpaired) electrons. The Hall–Kier alpha value is -2.37. The van der Waals surface area contributed by atoms with Crippen molar-refractivity contribution in [2.75, 3.05) is 13.1 Å². The summed E-state index contributed by atoms with van der Waals surface area (Å²) in [6.07, 6.45) is 1.34. The van der Waals surface area contributed by atoms with Crippen LogP contribution in [0.5, 0.6) is 0 Å². The number of hydrogen-bond donors (Lipinski definition) is 3.